The molecule has 20 nitrogen and oxygen atoms in total. The first-order chi connectivity index (χ1) is 66.7. The second-order valence-electron chi connectivity index (χ2n) is 26.3. The summed E-state index contributed by atoms with van der Waals surface area (Å²) in [6.07, 6.45) is 21.8. The Morgan fingerprint density at radius 1 is 0.417 bits per heavy atom. The zero-order valence-electron chi connectivity index (χ0n) is 77.0. The number of unbranched alkanes of at least 4 members (excludes halogenated alkanes) is 10. The number of ether oxygens (including phenoxy) is 5. The highest BCUT2D eigenvalue weighted by molar-refractivity contribution is 14.1. The van der Waals surface area contributed by atoms with Crippen LogP contribution in [0.3, 0.4) is 0 Å². The summed E-state index contributed by atoms with van der Waals surface area (Å²) in [5, 5.41) is 33.6. The van der Waals surface area contributed by atoms with E-state index in [4.69, 9.17) is 146 Å². The number of phenolic OH excluding ortho intramolecular Hbond substituents is 1. The van der Waals surface area contributed by atoms with Gasteiger partial charge in [-0.05, 0) is 159 Å². The number of alkyl halides is 22. The number of aliphatic hydroxyl groups is 2. The molecule has 0 aliphatic carbocycles. The molecule has 0 fully saturated rings. The van der Waals surface area contributed by atoms with E-state index < -0.39 is 16.2 Å². The van der Waals surface area contributed by atoms with E-state index >= 15 is 0 Å². The van der Waals surface area contributed by atoms with Crippen molar-refractivity contribution in [2.45, 2.75) is 145 Å². The fourth-order valence-corrected chi connectivity index (χ4v) is 17.1. The van der Waals surface area contributed by atoms with Crippen molar-refractivity contribution in [2.24, 2.45) is 0 Å². The van der Waals surface area contributed by atoms with Crippen molar-refractivity contribution >= 4 is 399 Å². The Hall–Kier alpha value is 1.34. The lowest BCUT2D eigenvalue weighted by molar-refractivity contribution is 0.0202. The summed E-state index contributed by atoms with van der Waals surface area (Å²) < 4.78 is 55.3. The molecule has 44 heteroatoms. The molecule has 0 aliphatic rings. The number of halogens is 22. The van der Waals surface area contributed by atoms with Crippen LogP contribution < -0.4 is 0 Å². The van der Waals surface area contributed by atoms with Crippen molar-refractivity contribution in [1.29, 1.82) is 0 Å². The zero-order chi connectivity index (χ0) is 105. The lowest BCUT2D eigenvalue weighted by Gasteiger charge is -2.20. The molecule has 7 aromatic rings. The minimum Gasteiger partial charge on any atom is -0.507 e. The Kier molecular flexibility index (Phi) is 137. The van der Waals surface area contributed by atoms with Gasteiger partial charge in [0.05, 0.1) is 107 Å². The first-order valence-corrected chi connectivity index (χ1v) is 65.4. The quantitative estimate of drug-likeness (QED) is 0.0105. The molecule has 0 bridgehead atoms. The molecule has 796 valence electrons. The average molecular weight is 3150 g/mol. The molecule has 3 heterocycles. The van der Waals surface area contributed by atoms with Gasteiger partial charge in [0.25, 0.3) is 0 Å². The minimum absolute atomic E-state index is 0. The third-order valence-corrected chi connectivity index (χ3v) is 29.1. The molecule has 0 spiro atoms. The number of aromatic hydroxyl groups is 1. The normalized spacial score (nSPS) is 10.1. The van der Waals surface area contributed by atoms with Gasteiger partial charge in [0.2, 0.25) is 10.0 Å². The lowest BCUT2D eigenvalue weighted by atomic mass is 10.0. The summed E-state index contributed by atoms with van der Waals surface area (Å²) in [5.74, 6) is 4.02. The first-order valence-electron chi connectivity index (χ1n) is 42.7. The summed E-state index contributed by atoms with van der Waals surface area (Å²) in [5.41, 5.74) is 8.54. The summed E-state index contributed by atoms with van der Waals surface area (Å²) in [6, 6.07) is 41.0. The molecule has 0 amide bonds. The topological polar surface area (TPSA) is 289 Å². The predicted molar refractivity (Wildman–Crippen MR) is 657 cm³/mol. The zero-order valence-corrected chi connectivity index (χ0v) is 107. The minimum atomic E-state index is -3.48. The Labute approximate surface area is 1000 Å². The van der Waals surface area contributed by atoms with Crippen molar-refractivity contribution in [3.05, 3.63) is 200 Å². The van der Waals surface area contributed by atoms with E-state index in [0.29, 0.717) is 131 Å². The monoisotopic (exact) mass is 3140 g/mol. The number of aromatic nitrogens is 2. The van der Waals surface area contributed by atoms with E-state index in [9.17, 15) is 42.0 Å². The fraction of sp³-hybridized carbons (Fsp3) is 0.526. The molecule has 0 saturated heterocycles. The standard InChI is InChI=1S/C14H12Cl2.C11H15Cl2NO2S.C10H20Br2.C8H16Cl2O3.C8H6O3.C7H7Cl2N.C7H5NO2.C6H4O2S.C5H8Cl2O3.C5H10I2.C4H8Br2O.C4H8I2.C3H6Br2O.C2H4Br2.CH4/c15-9-11-1-5-13(6-2-11)14-7-3-12(10-16)4-8-14;1-10-2-4-11(5-3-10)17(15,16)14(8-6-12)9-7-13;11-9-7-5-3-1-2-4-6-8-10-12;9-1-3-11-5-7-13-8-6-12-4-2-10;9-4-6-1-2-8(11)7(3-6)5-10;8-4-6-2-1-3-7(5-9)10-6;9-4-6-2-1-3-7(5-10)8-6;7-3-5-1-2-6(4-8)9-5;6-1-3-9-5(8)10-4-2-7;6-4-2-1-3-5-7;5-2-1-4(7)3-6;5-3-1-2-4-6;4-1-3(6)2-5;3-1-2-4;/h1-8H,9-10H2;2-5H,6-9H2,1H3;1-10H2;1-8H2;1-5,11H;1-3H,4-5H2;1-5H;1-4H;1-4H2;1-5H2;4,7H,1-3H2;1-4H2;3,6H,1-2H2;1-2H2;1H4. The Morgan fingerprint density at radius 2 is 0.791 bits per heavy atom. The van der Waals surface area contributed by atoms with Gasteiger partial charge in [0.15, 0.2) is 31.4 Å². The van der Waals surface area contributed by atoms with Gasteiger partial charge in [-0.15, -0.1) is 127 Å². The number of hydrogen-bond acceptors (Lipinski definition) is 20. The van der Waals surface area contributed by atoms with Gasteiger partial charge in [0, 0.05) is 96.6 Å². The maximum absolute atomic E-state index is 12.2. The maximum atomic E-state index is 12.2. The summed E-state index contributed by atoms with van der Waals surface area (Å²) >= 11 is 91.8. The molecule has 0 aliphatic heterocycles. The van der Waals surface area contributed by atoms with Gasteiger partial charge < -0.3 is 39.0 Å². The highest BCUT2D eigenvalue weighted by atomic mass is 127. The van der Waals surface area contributed by atoms with E-state index in [2.05, 4.69) is 286 Å². The number of aryl methyl sites for hydroxylation is 1. The van der Waals surface area contributed by atoms with Crippen molar-refractivity contribution in [2.75, 3.05) is 162 Å². The third kappa shape index (κ3) is 104. The van der Waals surface area contributed by atoms with Gasteiger partial charge in [-0.1, -0.05) is 349 Å². The van der Waals surface area contributed by atoms with Crippen LogP contribution in [0.4, 0.5) is 4.79 Å². The van der Waals surface area contributed by atoms with E-state index in [-0.39, 0.29) is 97.1 Å². The number of aldehydes is 6. The van der Waals surface area contributed by atoms with E-state index in [1.165, 1.54) is 157 Å². The van der Waals surface area contributed by atoms with E-state index in [1.807, 2.05) is 25.1 Å². The Morgan fingerprint density at radius 3 is 1.09 bits per heavy atom. The Bertz CT molecular complexity index is 3870. The van der Waals surface area contributed by atoms with Crippen LogP contribution in [0.1, 0.15) is 186 Å². The van der Waals surface area contributed by atoms with E-state index in [0.717, 1.165) is 63.1 Å². The molecular weight excluding hydrogens is 3020 g/mol. The molecule has 3 aromatic heterocycles. The number of nitrogens with zero attached hydrogens (tertiary/aromatic N) is 3. The molecule has 139 heavy (non-hydrogen) atoms. The molecule has 0 saturated carbocycles. The smallest absolute Gasteiger partial charge is 0.507 e. The SMILES string of the molecule is BrCCBr.BrCCCCCCCCCCBr.C.Cc1ccc(S(=O)(=O)N(CCCl)CCCl)cc1.ClCCOCCOCCOCCCl.ClCc1ccc(-c2ccc(CCl)cc2)cc1.ClCc1cccc(CCl)n1.ICCCCCI.ICCCCI.O=C(OCCCl)OCCCl.O=Cc1ccc(C=O)s1.O=Cc1ccc(O)c(C=O)c1.O=Cc1cccc(C=O)n1.OC(CBr)CBr.OC(CBr)CCBr. The van der Waals surface area contributed by atoms with Crippen molar-refractivity contribution in [3.63, 3.8) is 0 Å². The molecule has 1 atom stereocenters. The highest BCUT2D eigenvalue weighted by Crippen LogP contribution is 2.23. The number of pyridine rings is 2. The largest absolute Gasteiger partial charge is 0.508 e. The van der Waals surface area contributed by atoms with Crippen LogP contribution in [0.2, 0.25) is 0 Å². The number of rotatable bonds is 53. The third-order valence-electron chi connectivity index (χ3n) is 15.4. The number of carbonyl (C=O) groups excluding carboxylic acids is 7. The number of sulfonamides is 1. The summed E-state index contributed by atoms with van der Waals surface area (Å²) in [7, 11) is -3.48. The lowest BCUT2D eigenvalue weighted by Crippen LogP contribution is -2.34. The van der Waals surface area contributed by atoms with Crippen molar-refractivity contribution < 1.29 is 81.0 Å². The van der Waals surface area contributed by atoms with Crippen LogP contribution in [0.5, 0.6) is 5.75 Å². The number of phenols is 1. The van der Waals surface area contributed by atoms with Crippen LogP contribution in [0.25, 0.3) is 11.1 Å². The number of hydrogen-bond donors (Lipinski definition) is 3. The highest BCUT2D eigenvalue weighted by Gasteiger charge is 2.23. The van der Waals surface area contributed by atoms with Crippen LogP contribution in [0.15, 0.2) is 144 Å². The molecular formula is C95H133Br8Cl10I4N3O17S2. The molecule has 7 rings (SSSR count). The van der Waals surface area contributed by atoms with Gasteiger partial charge in [0.1, 0.15) is 36.6 Å². The fourth-order valence-electron chi connectivity index (χ4n) is 8.47. The van der Waals surface area contributed by atoms with Gasteiger partial charge in [-0.25, -0.2) is 18.2 Å². The van der Waals surface area contributed by atoms with E-state index in [1.54, 1.807) is 54.6 Å². The summed E-state index contributed by atoms with van der Waals surface area (Å²) in [6.45, 7) is 6.28. The predicted octanol–water partition coefficient (Wildman–Crippen LogP) is 31.7. The van der Waals surface area contributed by atoms with Crippen molar-refractivity contribution in [3.8, 4) is 16.9 Å². The summed E-state index contributed by atoms with van der Waals surface area (Å²) in [4.78, 5) is 80.3. The number of carbonyl (C=O) groups is 7. The van der Waals surface area contributed by atoms with Gasteiger partial charge in [-0.3, -0.25) is 33.8 Å². The van der Waals surface area contributed by atoms with Crippen LogP contribution >= 0.6 is 345 Å². The van der Waals surface area contributed by atoms with Crippen LogP contribution in [0, 0.1) is 6.92 Å². The van der Waals surface area contributed by atoms with Gasteiger partial charge >= 0.3 is 6.16 Å². The first kappa shape index (κ1) is 156. The molecule has 0 radical (unpaired) electrons. The maximum Gasteiger partial charge on any atom is 0.508 e. The number of thiophene rings is 1. The number of benzene rings is 4. The molecule has 3 N–H and O–H groups in total. The molecule has 1 unspecified atom stereocenters. The van der Waals surface area contributed by atoms with Crippen LogP contribution in [-0.4, -0.2) is 256 Å². The van der Waals surface area contributed by atoms with Crippen LogP contribution in [-0.2, 0) is 57.2 Å². The number of aliphatic hydroxyl groups excluding tert-OH is 2. The molecule has 4 aromatic carbocycles. The second-order valence-corrected chi connectivity index (χ2v) is 42.9. The van der Waals surface area contributed by atoms with Gasteiger partial charge in [-0.2, -0.15) is 4.31 Å². The average Bonchev–Trinajstić information content (AvgIpc) is 0.924. The Balaban J connectivity index is -0.000000224. The van der Waals surface area contributed by atoms with Crippen molar-refractivity contribution in [1.82, 2.24) is 14.3 Å². The second kappa shape index (κ2) is 123.